The van der Waals surface area contributed by atoms with E-state index in [0.717, 1.165) is 11.4 Å². The first kappa shape index (κ1) is 13.1. The first-order valence-corrected chi connectivity index (χ1v) is 6.94. The van der Waals surface area contributed by atoms with Gasteiger partial charge in [0, 0.05) is 6.04 Å². The highest BCUT2D eigenvalue weighted by Gasteiger charge is 2.23. The average molecular weight is 265 g/mol. The lowest BCUT2D eigenvalue weighted by Gasteiger charge is -2.20. The number of nitrogens with one attached hydrogen (secondary N) is 1. The Morgan fingerprint density at radius 3 is 2.72 bits per heavy atom. The zero-order valence-electron chi connectivity index (χ0n) is 11.2. The molecule has 1 unspecified atom stereocenters. The number of hydrogen-bond donors (Lipinski definition) is 1. The number of aromatic nitrogens is 2. The van der Waals surface area contributed by atoms with Crippen LogP contribution >= 0.6 is 11.3 Å². The van der Waals surface area contributed by atoms with Gasteiger partial charge < -0.3 is 10.1 Å². The van der Waals surface area contributed by atoms with Gasteiger partial charge in [-0.25, -0.2) is 0 Å². The van der Waals surface area contributed by atoms with Crippen LogP contribution in [-0.2, 0) is 0 Å². The van der Waals surface area contributed by atoms with Crippen molar-refractivity contribution in [2.75, 3.05) is 14.2 Å². The van der Waals surface area contributed by atoms with E-state index in [4.69, 9.17) is 4.74 Å². The molecule has 0 aromatic carbocycles. The molecule has 2 rings (SSSR count). The minimum Gasteiger partial charge on any atom is -0.493 e. The Bertz CT molecular complexity index is 490. The van der Waals surface area contributed by atoms with Crippen LogP contribution < -0.4 is 10.1 Å². The molecule has 1 N–H and O–H groups in total. The normalized spacial score (nSPS) is 12.9. The molecule has 0 aliphatic rings. The molecule has 0 bridgehead atoms. The zero-order valence-corrected chi connectivity index (χ0v) is 12.0. The summed E-state index contributed by atoms with van der Waals surface area (Å²) in [7, 11) is 3.64. The molecule has 0 radical (unpaired) electrons. The molecule has 0 saturated carbocycles. The predicted molar refractivity (Wildman–Crippen MR) is 74.4 cm³/mol. The van der Waals surface area contributed by atoms with Crippen molar-refractivity contribution in [3.8, 4) is 5.75 Å². The molecule has 0 fully saturated rings. The molecule has 98 valence electrons. The van der Waals surface area contributed by atoms with Crippen molar-refractivity contribution in [3.05, 3.63) is 34.3 Å². The SMILES string of the molecule is CNC(c1ccsc1)c1c(OC)cnn1C(C)C. The summed E-state index contributed by atoms with van der Waals surface area (Å²) in [5, 5.41) is 12.0. The maximum absolute atomic E-state index is 5.44. The van der Waals surface area contributed by atoms with E-state index in [9.17, 15) is 0 Å². The second kappa shape index (κ2) is 5.54. The Labute approximate surface area is 112 Å². The van der Waals surface area contributed by atoms with Crippen LogP contribution in [0.3, 0.4) is 0 Å². The Morgan fingerprint density at radius 1 is 1.44 bits per heavy atom. The van der Waals surface area contributed by atoms with Crippen molar-refractivity contribution in [3.63, 3.8) is 0 Å². The van der Waals surface area contributed by atoms with Crippen molar-refractivity contribution in [2.24, 2.45) is 0 Å². The highest BCUT2D eigenvalue weighted by atomic mass is 32.1. The second-order valence-corrected chi connectivity index (χ2v) is 5.19. The Balaban J connectivity index is 2.50. The molecule has 0 saturated heterocycles. The largest absolute Gasteiger partial charge is 0.493 e. The van der Waals surface area contributed by atoms with Crippen LogP contribution in [0.5, 0.6) is 5.75 Å². The molecule has 2 aromatic rings. The maximum atomic E-state index is 5.44. The van der Waals surface area contributed by atoms with Crippen LogP contribution in [0.4, 0.5) is 0 Å². The molecule has 5 heteroatoms. The van der Waals surface area contributed by atoms with E-state index in [1.165, 1.54) is 5.56 Å². The average Bonchev–Trinajstić information content (AvgIpc) is 2.99. The molecule has 0 amide bonds. The van der Waals surface area contributed by atoms with Crippen molar-refractivity contribution in [1.82, 2.24) is 15.1 Å². The van der Waals surface area contributed by atoms with E-state index in [2.05, 4.69) is 41.1 Å². The van der Waals surface area contributed by atoms with Gasteiger partial charge >= 0.3 is 0 Å². The Hall–Kier alpha value is -1.33. The summed E-state index contributed by atoms with van der Waals surface area (Å²) in [5.41, 5.74) is 2.32. The molecule has 2 heterocycles. The quantitative estimate of drug-likeness (QED) is 0.903. The molecule has 0 aliphatic carbocycles. The number of methoxy groups -OCH3 is 1. The van der Waals surface area contributed by atoms with Gasteiger partial charge in [0.1, 0.15) is 5.69 Å². The summed E-state index contributed by atoms with van der Waals surface area (Å²) in [4.78, 5) is 0. The van der Waals surface area contributed by atoms with Gasteiger partial charge in [-0.05, 0) is 43.3 Å². The standard InChI is InChI=1S/C13H19N3OS/c1-9(2)16-13(11(17-4)7-15-16)12(14-3)10-5-6-18-8-10/h5-9,12,14H,1-4H3. The van der Waals surface area contributed by atoms with Crippen molar-refractivity contribution >= 4 is 11.3 Å². The molecular formula is C13H19N3OS. The molecule has 18 heavy (non-hydrogen) atoms. The van der Waals surface area contributed by atoms with Crippen LogP contribution in [0.25, 0.3) is 0 Å². The van der Waals surface area contributed by atoms with Gasteiger partial charge in [0.05, 0.1) is 19.3 Å². The Morgan fingerprint density at radius 2 is 2.22 bits per heavy atom. The lowest BCUT2D eigenvalue weighted by molar-refractivity contribution is 0.396. The number of ether oxygens (including phenoxy) is 1. The summed E-state index contributed by atoms with van der Waals surface area (Å²) in [6.45, 7) is 4.24. The van der Waals surface area contributed by atoms with E-state index >= 15 is 0 Å². The highest BCUT2D eigenvalue weighted by molar-refractivity contribution is 7.08. The Kier molecular flexibility index (Phi) is 4.04. The van der Waals surface area contributed by atoms with Gasteiger partial charge in [-0.1, -0.05) is 0 Å². The van der Waals surface area contributed by atoms with Crippen LogP contribution in [0.15, 0.2) is 23.0 Å². The maximum Gasteiger partial charge on any atom is 0.161 e. The lowest BCUT2D eigenvalue weighted by Crippen LogP contribution is -2.22. The van der Waals surface area contributed by atoms with Gasteiger partial charge in [-0.15, -0.1) is 0 Å². The molecule has 0 spiro atoms. The minimum absolute atomic E-state index is 0.107. The number of nitrogens with zero attached hydrogens (tertiary/aromatic N) is 2. The minimum atomic E-state index is 0.107. The summed E-state index contributed by atoms with van der Waals surface area (Å²) in [6.07, 6.45) is 1.78. The fraction of sp³-hybridized carbons (Fsp3) is 0.462. The van der Waals surface area contributed by atoms with Crippen LogP contribution in [0, 0.1) is 0 Å². The van der Waals surface area contributed by atoms with E-state index in [1.54, 1.807) is 24.6 Å². The van der Waals surface area contributed by atoms with Gasteiger partial charge in [-0.2, -0.15) is 16.4 Å². The summed E-state index contributed by atoms with van der Waals surface area (Å²) >= 11 is 1.70. The smallest absolute Gasteiger partial charge is 0.161 e. The van der Waals surface area contributed by atoms with E-state index in [-0.39, 0.29) is 6.04 Å². The molecule has 4 nitrogen and oxygen atoms in total. The topological polar surface area (TPSA) is 39.1 Å². The zero-order chi connectivity index (χ0) is 13.1. The van der Waals surface area contributed by atoms with Gasteiger partial charge in [-0.3, -0.25) is 4.68 Å². The van der Waals surface area contributed by atoms with Crippen molar-refractivity contribution in [1.29, 1.82) is 0 Å². The van der Waals surface area contributed by atoms with E-state index in [0.29, 0.717) is 6.04 Å². The van der Waals surface area contributed by atoms with E-state index in [1.807, 2.05) is 11.7 Å². The number of thiophene rings is 1. The van der Waals surface area contributed by atoms with Crippen molar-refractivity contribution < 1.29 is 4.74 Å². The third-order valence-corrected chi connectivity index (χ3v) is 3.65. The van der Waals surface area contributed by atoms with Crippen molar-refractivity contribution in [2.45, 2.75) is 25.9 Å². The molecule has 2 aromatic heterocycles. The van der Waals surface area contributed by atoms with Crippen LogP contribution in [-0.4, -0.2) is 23.9 Å². The highest BCUT2D eigenvalue weighted by Crippen LogP contribution is 2.32. The molecule has 0 aliphatic heterocycles. The van der Waals surface area contributed by atoms with Gasteiger partial charge in [0.15, 0.2) is 5.75 Å². The third kappa shape index (κ3) is 2.28. The van der Waals surface area contributed by atoms with E-state index < -0.39 is 0 Å². The number of hydrogen-bond acceptors (Lipinski definition) is 4. The van der Waals surface area contributed by atoms with Gasteiger partial charge in [0.2, 0.25) is 0 Å². The molecule has 1 atom stereocenters. The van der Waals surface area contributed by atoms with Crippen LogP contribution in [0.1, 0.15) is 37.2 Å². The lowest BCUT2D eigenvalue weighted by atomic mass is 10.1. The van der Waals surface area contributed by atoms with Crippen LogP contribution in [0.2, 0.25) is 0 Å². The predicted octanol–water partition coefficient (Wildman–Crippen LogP) is 2.84. The molecular weight excluding hydrogens is 246 g/mol. The summed E-state index contributed by atoms with van der Waals surface area (Å²) < 4.78 is 7.45. The fourth-order valence-electron chi connectivity index (χ4n) is 2.10. The second-order valence-electron chi connectivity index (χ2n) is 4.41. The summed E-state index contributed by atoms with van der Waals surface area (Å²) in [5.74, 6) is 0.828. The first-order valence-electron chi connectivity index (χ1n) is 5.99. The summed E-state index contributed by atoms with van der Waals surface area (Å²) in [6, 6.07) is 2.54. The first-order chi connectivity index (χ1) is 8.69. The fourth-order valence-corrected chi connectivity index (χ4v) is 2.79. The number of rotatable bonds is 5. The monoisotopic (exact) mass is 265 g/mol. The van der Waals surface area contributed by atoms with Gasteiger partial charge in [0.25, 0.3) is 0 Å². The third-order valence-electron chi connectivity index (χ3n) is 2.95.